The number of piperazine rings is 1. The van der Waals surface area contributed by atoms with Crippen LogP contribution in [0.25, 0.3) is 0 Å². The van der Waals surface area contributed by atoms with E-state index in [1.165, 1.54) is 16.8 Å². The molecule has 0 unspecified atom stereocenters. The number of hydrogen-bond donors (Lipinski definition) is 1. The maximum absolute atomic E-state index is 12.3. The molecule has 0 aromatic carbocycles. The minimum Gasteiger partial charge on any atom is -0.352 e. The second-order valence-corrected chi connectivity index (χ2v) is 5.50. The Balaban J connectivity index is 1.52. The van der Waals surface area contributed by atoms with Crippen LogP contribution in [-0.2, 0) is 11.3 Å². The van der Waals surface area contributed by atoms with Gasteiger partial charge in [-0.15, -0.1) is 5.10 Å². The Morgan fingerprint density at radius 1 is 1.17 bits per heavy atom. The molecule has 0 spiro atoms. The van der Waals surface area contributed by atoms with Gasteiger partial charge in [-0.1, -0.05) is 0 Å². The molecule has 9 nitrogen and oxygen atoms in total. The lowest BCUT2D eigenvalue weighted by Crippen LogP contribution is -2.49. The van der Waals surface area contributed by atoms with Gasteiger partial charge in [0.2, 0.25) is 5.91 Å². The molecule has 2 aromatic heterocycles. The van der Waals surface area contributed by atoms with Gasteiger partial charge in [-0.2, -0.15) is 5.10 Å². The van der Waals surface area contributed by atoms with Gasteiger partial charge in [-0.05, 0) is 12.1 Å². The van der Waals surface area contributed by atoms with Crippen molar-refractivity contribution in [2.75, 3.05) is 31.1 Å². The van der Waals surface area contributed by atoms with E-state index in [0.717, 1.165) is 5.82 Å². The lowest BCUT2D eigenvalue weighted by Gasteiger charge is -2.35. The molecule has 1 fully saturated rings. The Bertz CT molecular complexity index is 808. The summed E-state index contributed by atoms with van der Waals surface area (Å²) in [6.07, 6.45) is 3.25. The fraction of sp³-hybridized carbons (Fsp3) is 0.400. The minimum absolute atomic E-state index is 0.00750. The molecule has 1 N–H and O–H groups in total. The summed E-state index contributed by atoms with van der Waals surface area (Å²) in [6.45, 7) is 2.86. The fourth-order valence-corrected chi connectivity index (χ4v) is 2.64. The number of anilines is 1. The van der Waals surface area contributed by atoms with E-state index < -0.39 is 11.2 Å². The number of carbonyl (C=O) groups excluding carboxylic acids is 1. The summed E-state index contributed by atoms with van der Waals surface area (Å²) < 4.78 is 1.33. The summed E-state index contributed by atoms with van der Waals surface area (Å²) in [5, 5.41) is 7.93. The highest BCUT2D eigenvalue weighted by Crippen LogP contribution is 2.12. The molecule has 2 aromatic rings. The number of aromatic amines is 1. The standard InChI is InChI=1S/C15H18N6O3/c22-13-3-6-21(15(24)17-13)7-4-14(23)20-10-8-19(9-11-20)12-2-1-5-16-18-12/h1-3,5-6H,4,7-11H2,(H,17,22,24). The molecular weight excluding hydrogens is 312 g/mol. The van der Waals surface area contributed by atoms with Crippen LogP contribution in [0.4, 0.5) is 5.82 Å². The van der Waals surface area contributed by atoms with Crippen LogP contribution < -0.4 is 16.1 Å². The molecule has 0 atom stereocenters. The summed E-state index contributed by atoms with van der Waals surface area (Å²) in [5.41, 5.74) is -0.939. The average Bonchev–Trinajstić information content (AvgIpc) is 2.62. The van der Waals surface area contributed by atoms with E-state index >= 15 is 0 Å². The Kier molecular flexibility index (Phi) is 4.69. The van der Waals surface area contributed by atoms with Gasteiger partial charge >= 0.3 is 5.69 Å². The van der Waals surface area contributed by atoms with Crippen LogP contribution in [0.1, 0.15) is 6.42 Å². The number of carbonyl (C=O) groups is 1. The number of rotatable bonds is 4. The lowest BCUT2D eigenvalue weighted by molar-refractivity contribution is -0.131. The van der Waals surface area contributed by atoms with E-state index in [2.05, 4.69) is 20.1 Å². The average molecular weight is 330 g/mol. The summed E-state index contributed by atoms with van der Waals surface area (Å²) in [6, 6.07) is 5.00. The third kappa shape index (κ3) is 3.67. The van der Waals surface area contributed by atoms with E-state index in [0.29, 0.717) is 26.2 Å². The van der Waals surface area contributed by atoms with Crippen molar-refractivity contribution in [2.24, 2.45) is 0 Å². The molecule has 24 heavy (non-hydrogen) atoms. The van der Waals surface area contributed by atoms with Crippen molar-refractivity contribution >= 4 is 11.7 Å². The molecule has 126 valence electrons. The highest BCUT2D eigenvalue weighted by Gasteiger charge is 2.21. The first kappa shape index (κ1) is 15.9. The van der Waals surface area contributed by atoms with E-state index in [1.54, 1.807) is 11.1 Å². The maximum Gasteiger partial charge on any atom is 0.328 e. The predicted molar refractivity (Wildman–Crippen MR) is 86.8 cm³/mol. The van der Waals surface area contributed by atoms with Crippen LogP contribution in [-0.4, -0.2) is 56.7 Å². The number of nitrogens with zero attached hydrogens (tertiary/aromatic N) is 5. The molecular formula is C15H18N6O3. The number of amides is 1. The Morgan fingerprint density at radius 2 is 1.96 bits per heavy atom. The number of H-pyrrole nitrogens is 1. The summed E-state index contributed by atoms with van der Waals surface area (Å²) in [4.78, 5) is 40.9. The zero-order valence-corrected chi connectivity index (χ0v) is 13.1. The molecule has 1 saturated heterocycles. The number of nitrogens with one attached hydrogen (secondary N) is 1. The largest absolute Gasteiger partial charge is 0.352 e. The second-order valence-electron chi connectivity index (χ2n) is 5.50. The number of hydrogen-bond acceptors (Lipinski definition) is 6. The minimum atomic E-state index is -0.497. The molecule has 9 heteroatoms. The van der Waals surface area contributed by atoms with Crippen LogP contribution >= 0.6 is 0 Å². The smallest absolute Gasteiger partial charge is 0.328 e. The third-order valence-corrected chi connectivity index (χ3v) is 3.98. The Morgan fingerprint density at radius 3 is 2.62 bits per heavy atom. The van der Waals surface area contributed by atoms with E-state index in [1.807, 2.05) is 12.1 Å². The van der Waals surface area contributed by atoms with E-state index in [-0.39, 0.29) is 18.9 Å². The van der Waals surface area contributed by atoms with Gasteiger partial charge in [0.1, 0.15) is 0 Å². The van der Waals surface area contributed by atoms with Crippen LogP contribution in [0.5, 0.6) is 0 Å². The normalized spacial score (nSPS) is 14.7. The fourth-order valence-electron chi connectivity index (χ4n) is 2.64. The monoisotopic (exact) mass is 330 g/mol. The summed E-state index contributed by atoms with van der Waals surface area (Å²) in [7, 11) is 0. The molecule has 0 saturated carbocycles. The SMILES string of the molecule is O=C(CCn1ccc(=O)[nH]c1=O)N1CCN(c2cccnn2)CC1. The van der Waals surface area contributed by atoms with Crippen molar-refractivity contribution in [3.63, 3.8) is 0 Å². The molecule has 0 bridgehead atoms. The molecule has 0 aliphatic carbocycles. The van der Waals surface area contributed by atoms with Gasteiger partial charge in [-0.3, -0.25) is 14.6 Å². The Labute approximate surface area is 137 Å². The van der Waals surface area contributed by atoms with Crippen LogP contribution in [0.3, 0.4) is 0 Å². The van der Waals surface area contributed by atoms with Gasteiger partial charge in [0, 0.05) is 57.6 Å². The zero-order valence-electron chi connectivity index (χ0n) is 13.1. The van der Waals surface area contributed by atoms with Gasteiger partial charge in [0.05, 0.1) is 0 Å². The van der Waals surface area contributed by atoms with Gasteiger partial charge in [-0.25, -0.2) is 4.79 Å². The molecule has 1 aliphatic heterocycles. The van der Waals surface area contributed by atoms with Crippen molar-refractivity contribution < 1.29 is 4.79 Å². The quantitative estimate of drug-likeness (QED) is 0.776. The molecule has 1 amide bonds. The zero-order chi connectivity index (χ0) is 16.9. The van der Waals surface area contributed by atoms with Gasteiger partial charge in [0.15, 0.2) is 5.82 Å². The van der Waals surface area contributed by atoms with Gasteiger partial charge in [0.25, 0.3) is 5.56 Å². The Hall–Kier alpha value is -2.97. The van der Waals surface area contributed by atoms with Crippen LogP contribution in [0.2, 0.25) is 0 Å². The number of aromatic nitrogens is 4. The van der Waals surface area contributed by atoms with Crippen molar-refractivity contribution in [1.82, 2.24) is 24.6 Å². The van der Waals surface area contributed by atoms with Crippen molar-refractivity contribution in [3.8, 4) is 0 Å². The van der Waals surface area contributed by atoms with Crippen molar-refractivity contribution in [1.29, 1.82) is 0 Å². The van der Waals surface area contributed by atoms with Crippen molar-refractivity contribution in [2.45, 2.75) is 13.0 Å². The van der Waals surface area contributed by atoms with E-state index in [4.69, 9.17) is 0 Å². The highest BCUT2D eigenvalue weighted by molar-refractivity contribution is 5.76. The topological polar surface area (TPSA) is 104 Å². The summed E-state index contributed by atoms with van der Waals surface area (Å²) >= 11 is 0. The highest BCUT2D eigenvalue weighted by atomic mass is 16.2. The first-order valence-corrected chi connectivity index (χ1v) is 7.74. The number of aryl methyl sites for hydroxylation is 1. The second kappa shape index (κ2) is 7.07. The molecule has 3 heterocycles. The lowest BCUT2D eigenvalue weighted by atomic mass is 10.2. The molecule has 3 rings (SSSR count). The first-order chi connectivity index (χ1) is 11.6. The van der Waals surface area contributed by atoms with E-state index in [9.17, 15) is 14.4 Å². The molecule has 1 aliphatic rings. The van der Waals surface area contributed by atoms with Crippen LogP contribution in [0, 0.1) is 0 Å². The third-order valence-electron chi connectivity index (χ3n) is 3.98. The van der Waals surface area contributed by atoms with Crippen molar-refractivity contribution in [3.05, 3.63) is 51.4 Å². The predicted octanol–water partition coefficient (Wildman–Crippen LogP) is -0.934. The summed E-state index contributed by atoms with van der Waals surface area (Å²) in [5.74, 6) is 0.802. The first-order valence-electron chi connectivity index (χ1n) is 7.74. The maximum atomic E-state index is 12.3. The molecule has 0 radical (unpaired) electrons. The van der Waals surface area contributed by atoms with Gasteiger partial charge < -0.3 is 14.4 Å². The van der Waals surface area contributed by atoms with Crippen LogP contribution in [0.15, 0.2) is 40.2 Å².